The van der Waals surface area contributed by atoms with Gasteiger partial charge in [0.05, 0.1) is 18.2 Å². The maximum Gasteiger partial charge on any atom is 0.419 e. The van der Waals surface area contributed by atoms with Crippen molar-refractivity contribution in [3.63, 3.8) is 0 Å². The molecule has 0 radical (unpaired) electrons. The average molecular weight is 544 g/mol. The van der Waals surface area contributed by atoms with Crippen LogP contribution in [-0.4, -0.2) is 49.4 Å². The maximum absolute atomic E-state index is 13.6. The molecule has 2 fully saturated rings. The van der Waals surface area contributed by atoms with E-state index in [9.17, 15) is 27.2 Å². The summed E-state index contributed by atoms with van der Waals surface area (Å²) in [5, 5.41) is 8.91. The van der Waals surface area contributed by atoms with Gasteiger partial charge in [0, 0.05) is 19.3 Å². The molecule has 39 heavy (non-hydrogen) atoms. The average Bonchev–Trinajstić information content (AvgIpc) is 3.56. The third-order valence-corrected chi connectivity index (χ3v) is 7.40. The van der Waals surface area contributed by atoms with Crippen LogP contribution >= 0.6 is 0 Å². The summed E-state index contributed by atoms with van der Waals surface area (Å²) >= 11 is 0. The summed E-state index contributed by atoms with van der Waals surface area (Å²) < 4.78 is 55.8. The smallest absolute Gasteiger partial charge is 0.383 e. The van der Waals surface area contributed by atoms with Crippen LogP contribution in [0.1, 0.15) is 53.7 Å². The van der Waals surface area contributed by atoms with Gasteiger partial charge < -0.3 is 16.4 Å². The van der Waals surface area contributed by atoms with Gasteiger partial charge in [-0.15, -0.1) is 0 Å². The lowest BCUT2D eigenvalue weighted by molar-refractivity contribution is -0.140. The predicted octanol–water partition coefficient (Wildman–Crippen LogP) is 3.21. The topological polar surface area (TPSA) is 125 Å². The van der Waals surface area contributed by atoms with Gasteiger partial charge in [-0.1, -0.05) is 12.0 Å². The molecule has 204 valence electrons. The zero-order chi connectivity index (χ0) is 28.1. The minimum absolute atomic E-state index is 0.00351. The molecule has 0 unspecified atom stereocenters. The Kier molecular flexibility index (Phi) is 6.36. The number of likely N-dealkylation sites (tertiary alicyclic amines) is 1. The van der Waals surface area contributed by atoms with Gasteiger partial charge in [-0.25, -0.2) is 9.07 Å². The summed E-state index contributed by atoms with van der Waals surface area (Å²) in [5.74, 6) is 2.95. The van der Waals surface area contributed by atoms with Crippen molar-refractivity contribution in [1.82, 2.24) is 24.5 Å². The van der Waals surface area contributed by atoms with Crippen LogP contribution in [0.3, 0.4) is 0 Å². The van der Waals surface area contributed by atoms with Gasteiger partial charge in [-0.2, -0.15) is 23.4 Å². The first-order chi connectivity index (χ1) is 18.4. The molecule has 0 atom stereocenters. The largest absolute Gasteiger partial charge is 0.419 e. The highest BCUT2D eigenvalue weighted by Gasteiger charge is 2.51. The molecule has 1 aromatic carbocycles. The maximum atomic E-state index is 13.6. The molecule has 2 aliphatic rings. The highest BCUT2D eigenvalue weighted by Crippen LogP contribution is 2.54. The van der Waals surface area contributed by atoms with E-state index in [-0.39, 0.29) is 52.2 Å². The quantitative estimate of drug-likeness (QED) is 0.378. The van der Waals surface area contributed by atoms with Gasteiger partial charge >= 0.3 is 6.18 Å². The lowest BCUT2D eigenvalue weighted by atomic mass is 9.65. The van der Waals surface area contributed by atoms with Crippen molar-refractivity contribution in [3.05, 3.63) is 53.0 Å². The number of anilines is 1. The number of benzene rings is 1. The van der Waals surface area contributed by atoms with Crippen molar-refractivity contribution >= 4 is 17.6 Å². The summed E-state index contributed by atoms with van der Waals surface area (Å²) in [6, 6.07) is 4.18. The molecule has 1 aliphatic carbocycles. The lowest BCUT2D eigenvalue weighted by Gasteiger charge is -2.45. The normalized spacial score (nSPS) is 20.5. The number of nitrogens with zero attached hydrogens (tertiary/aromatic N) is 5. The fourth-order valence-electron chi connectivity index (χ4n) is 5.54. The fraction of sp³-hybridized carbons (Fsp3) is 0.385. The van der Waals surface area contributed by atoms with E-state index in [4.69, 9.17) is 11.5 Å². The minimum atomic E-state index is -4.83. The second-order valence-corrected chi connectivity index (χ2v) is 10.0. The Morgan fingerprint density at radius 1 is 1.21 bits per heavy atom. The molecule has 3 heterocycles. The lowest BCUT2D eigenvalue weighted by Crippen LogP contribution is -2.42. The Morgan fingerprint density at radius 2 is 1.95 bits per heavy atom. The second kappa shape index (κ2) is 9.44. The molecule has 4 N–H and O–H groups in total. The van der Waals surface area contributed by atoms with E-state index in [1.54, 1.807) is 22.6 Å². The van der Waals surface area contributed by atoms with Crippen LogP contribution in [0.15, 0.2) is 30.5 Å². The van der Waals surface area contributed by atoms with Crippen LogP contribution in [-0.2, 0) is 17.5 Å². The number of aromatic nitrogens is 4. The van der Waals surface area contributed by atoms with Crippen molar-refractivity contribution in [2.75, 3.05) is 18.8 Å². The molecule has 1 saturated heterocycles. The third kappa shape index (κ3) is 4.82. The number of carbonyl (C=O) groups excluding carboxylic acids is 2. The van der Waals surface area contributed by atoms with Gasteiger partial charge in [0.2, 0.25) is 0 Å². The van der Waals surface area contributed by atoms with Crippen molar-refractivity contribution in [2.45, 2.75) is 44.9 Å². The number of amides is 2. The Labute approximate surface area is 220 Å². The SMILES string of the molecule is CC#CC(=O)N1CC[C@]2(C1)C[C@H](n1nc(-c3ccn(Cc4ccc(F)c(C(F)(F)F)c4)n3)c(C(N)=O)c1N)C2. The standard InChI is InChI=1S/C26H25F4N7O2/c1-2-3-20(38)35-9-7-25(14-35)11-16(12-25)37-23(31)21(24(32)39)22(34-37)19-6-8-36(33-19)13-15-4-5-18(27)17(10-15)26(28,29)30/h4-6,8,10,16H,7,9,11-14,31H2,1H3,(H2,32,39)/t16-,25-. The van der Waals surface area contributed by atoms with Crippen LogP contribution < -0.4 is 11.5 Å². The number of alkyl halides is 3. The predicted molar refractivity (Wildman–Crippen MR) is 132 cm³/mol. The minimum Gasteiger partial charge on any atom is -0.383 e. The van der Waals surface area contributed by atoms with Crippen LogP contribution in [0.2, 0.25) is 0 Å². The van der Waals surface area contributed by atoms with Crippen LogP contribution in [0.5, 0.6) is 0 Å². The van der Waals surface area contributed by atoms with E-state index in [1.807, 2.05) is 0 Å². The zero-order valence-corrected chi connectivity index (χ0v) is 20.9. The Balaban J connectivity index is 1.36. The molecule has 1 saturated carbocycles. The molecule has 2 amide bonds. The van der Waals surface area contributed by atoms with Gasteiger partial charge in [0.1, 0.15) is 28.6 Å². The molecular weight excluding hydrogens is 518 g/mol. The first-order valence-corrected chi connectivity index (χ1v) is 12.2. The second-order valence-electron chi connectivity index (χ2n) is 10.0. The number of rotatable bonds is 5. The Bertz CT molecular complexity index is 1520. The Hall–Kier alpha value is -4.34. The summed E-state index contributed by atoms with van der Waals surface area (Å²) in [5.41, 5.74) is 11.1. The van der Waals surface area contributed by atoms with E-state index in [2.05, 4.69) is 22.0 Å². The van der Waals surface area contributed by atoms with E-state index in [1.165, 1.54) is 16.9 Å². The summed E-state index contributed by atoms with van der Waals surface area (Å²) in [7, 11) is 0. The number of nitrogens with two attached hydrogens (primary N) is 2. The van der Waals surface area contributed by atoms with Crippen LogP contribution in [0, 0.1) is 23.1 Å². The number of hydrogen-bond acceptors (Lipinski definition) is 5. The van der Waals surface area contributed by atoms with E-state index in [0.717, 1.165) is 18.6 Å². The molecule has 1 aliphatic heterocycles. The van der Waals surface area contributed by atoms with E-state index in [0.29, 0.717) is 25.9 Å². The van der Waals surface area contributed by atoms with Crippen LogP contribution in [0.25, 0.3) is 11.4 Å². The molecule has 3 aromatic rings. The van der Waals surface area contributed by atoms with Gasteiger partial charge in [-0.05, 0) is 61.3 Å². The van der Waals surface area contributed by atoms with Crippen LogP contribution in [0.4, 0.5) is 23.4 Å². The summed E-state index contributed by atoms with van der Waals surface area (Å²) in [6.45, 7) is 2.77. The molecule has 5 rings (SSSR count). The van der Waals surface area contributed by atoms with E-state index < -0.39 is 23.5 Å². The number of carbonyl (C=O) groups is 2. The van der Waals surface area contributed by atoms with Gasteiger partial charge in [-0.3, -0.25) is 14.3 Å². The van der Waals surface area contributed by atoms with Crippen molar-refractivity contribution in [1.29, 1.82) is 0 Å². The number of primary amides is 1. The molecule has 1 spiro atoms. The molecule has 0 bridgehead atoms. The van der Waals surface area contributed by atoms with Gasteiger partial charge in [0.15, 0.2) is 0 Å². The fourth-order valence-corrected chi connectivity index (χ4v) is 5.54. The zero-order valence-electron chi connectivity index (χ0n) is 20.9. The van der Waals surface area contributed by atoms with Gasteiger partial charge in [0.25, 0.3) is 11.8 Å². The van der Waals surface area contributed by atoms with Crippen molar-refractivity contribution < 1.29 is 27.2 Å². The summed E-state index contributed by atoms with van der Waals surface area (Å²) in [4.78, 5) is 26.2. The monoisotopic (exact) mass is 543 g/mol. The number of nitrogen functional groups attached to an aromatic ring is 1. The first kappa shape index (κ1) is 26.3. The molecule has 9 nitrogen and oxygen atoms in total. The number of halogens is 4. The first-order valence-electron chi connectivity index (χ1n) is 12.2. The van der Waals surface area contributed by atoms with E-state index >= 15 is 0 Å². The van der Waals surface area contributed by atoms with Crippen molar-refractivity contribution in [2.24, 2.45) is 11.1 Å². The van der Waals surface area contributed by atoms with Crippen molar-refractivity contribution in [3.8, 4) is 23.2 Å². The highest BCUT2D eigenvalue weighted by molar-refractivity contribution is 6.03. The summed E-state index contributed by atoms with van der Waals surface area (Å²) in [6.07, 6.45) is -1.07. The third-order valence-electron chi connectivity index (χ3n) is 7.40. The molecule has 2 aromatic heterocycles. The highest BCUT2D eigenvalue weighted by atomic mass is 19.4. The Morgan fingerprint density at radius 3 is 2.62 bits per heavy atom. The number of hydrogen-bond donors (Lipinski definition) is 2. The molecule has 13 heteroatoms. The molecular formula is C26H25F4N7O2.